The van der Waals surface area contributed by atoms with Crippen molar-refractivity contribution in [3.8, 4) is 0 Å². The van der Waals surface area contributed by atoms with Gasteiger partial charge in [-0.25, -0.2) is 0 Å². The summed E-state index contributed by atoms with van der Waals surface area (Å²) < 4.78 is 0. The summed E-state index contributed by atoms with van der Waals surface area (Å²) in [6, 6.07) is -0.659. The van der Waals surface area contributed by atoms with Crippen LogP contribution < -0.4 is 5.32 Å². The number of unbranched alkanes of at least 4 members (excludes halogenated alkanes) is 24. The van der Waals surface area contributed by atoms with Crippen molar-refractivity contribution in [2.75, 3.05) is 6.61 Å². The average molecular weight is 624 g/mol. The van der Waals surface area contributed by atoms with Gasteiger partial charge >= 0.3 is 0 Å². The highest BCUT2D eigenvalue weighted by atomic mass is 16.3. The standard InChI is InChI=1S/C39H77NO4/c1-3-5-7-9-11-13-14-15-16-17-18-19-20-21-22-23-24-25-27-29-31-33-38(43)37(35-41)40-39(44)34-36(42)32-30-28-26-12-10-8-6-4-2/h10,12,36-38,41-43H,3-9,11,13-35H2,1-2H3,(H,40,44)/b12-10-. The van der Waals surface area contributed by atoms with Gasteiger partial charge in [-0.1, -0.05) is 180 Å². The molecule has 0 heterocycles. The van der Waals surface area contributed by atoms with Crippen molar-refractivity contribution in [2.24, 2.45) is 0 Å². The third-order valence-electron chi connectivity index (χ3n) is 9.08. The summed E-state index contributed by atoms with van der Waals surface area (Å²) in [4.78, 5) is 12.3. The van der Waals surface area contributed by atoms with E-state index in [1.165, 1.54) is 135 Å². The molecule has 4 N–H and O–H groups in total. The van der Waals surface area contributed by atoms with Gasteiger partial charge in [-0.15, -0.1) is 0 Å². The molecule has 0 rings (SSSR count). The van der Waals surface area contributed by atoms with Crippen molar-refractivity contribution in [1.82, 2.24) is 5.32 Å². The first kappa shape index (κ1) is 43.1. The van der Waals surface area contributed by atoms with E-state index >= 15 is 0 Å². The van der Waals surface area contributed by atoms with Crippen LogP contribution in [-0.2, 0) is 4.79 Å². The second kappa shape index (κ2) is 35.0. The zero-order valence-electron chi connectivity index (χ0n) is 29.6. The second-order valence-electron chi connectivity index (χ2n) is 13.5. The van der Waals surface area contributed by atoms with Crippen LogP contribution in [-0.4, -0.2) is 46.1 Å². The summed E-state index contributed by atoms with van der Waals surface area (Å²) in [5.74, 6) is -0.297. The van der Waals surface area contributed by atoms with E-state index in [9.17, 15) is 20.1 Å². The quantitative estimate of drug-likeness (QED) is 0.0418. The molecule has 0 aliphatic heterocycles. The molecule has 0 radical (unpaired) electrons. The van der Waals surface area contributed by atoms with Crippen molar-refractivity contribution >= 4 is 5.91 Å². The molecule has 0 spiro atoms. The van der Waals surface area contributed by atoms with Gasteiger partial charge in [0.25, 0.3) is 0 Å². The van der Waals surface area contributed by atoms with E-state index in [1.54, 1.807) is 0 Å². The van der Waals surface area contributed by atoms with Gasteiger partial charge in [0.1, 0.15) is 0 Å². The number of carbonyl (C=O) groups is 1. The Bertz CT molecular complexity index is 611. The van der Waals surface area contributed by atoms with Crippen LogP contribution in [0.3, 0.4) is 0 Å². The summed E-state index contributed by atoms with van der Waals surface area (Å²) in [7, 11) is 0. The van der Waals surface area contributed by atoms with E-state index in [4.69, 9.17) is 0 Å². The fourth-order valence-electron chi connectivity index (χ4n) is 6.03. The van der Waals surface area contributed by atoms with Crippen LogP contribution in [0, 0.1) is 0 Å². The maximum atomic E-state index is 12.3. The lowest BCUT2D eigenvalue weighted by Gasteiger charge is -2.23. The smallest absolute Gasteiger partial charge is 0.222 e. The third-order valence-corrected chi connectivity index (χ3v) is 9.08. The van der Waals surface area contributed by atoms with Gasteiger partial charge in [-0.05, 0) is 32.1 Å². The molecule has 0 aliphatic rings. The van der Waals surface area contributed by atoms with Gasteiger partial charge in [0, 0.05) is 0 Å². The zero-order chi connectivity index (χ0) is 32.4. The summed E-state index contributed by atoms with van der Waals surface area (Å²) in [6.45, 7) is 4.19. The molecule has 0 bridgehead atoms. The number of nitrogens with one attached hydrogen (secondary N) is 1. The van der Waals surface area contributed by atoms with Crippen molar-refractivity contribution in [3.63, 3.8) is 0 Å². The Labute approximate surface area is 274 Å². The minimum Gasteiger partial charge on any atom is -0.394 e. The topological polar surface area (TPSA) is 89.8 Å². The number of rotatable bonds is 35. The highest BCUT2D eigenvalue weighted by molar-refractivity contribution is 5.76. The molecule has 262 valence electrons. The van der Waals surface area contributed by atoms with Crippen LogP contribution in [0.5, 0.6) is 0 Å². The number of hydrogen-bond acceptors (Lipinski definition) is 4. The van der Waals surface area contributed by atoms with Crippen LogP contribution in [0.25, 0.3) is 0 Å². The Kier molecular flexibility index (Phi) is 34.2. The predicted octanol–water partition coefficient (Wildman–Crippen LogP) is 10.5. The minimum atomic E-state index is -0.749. The Morgan fingerprint density at radius 3 is 1.36 bits per heavy atom. The van der Waals surface area contributed by atoms with E-state index in [2.05, 4.69) is 31.3 Å². The second-order valence-corrected chi connectivity index (χ2v) is 13.5. The zero-order valence-corrected chi connectivity index (χ0v) is 29.6. The predicted molar refractivity (Wildman–Crippen MR) is 190 cm³/mol. The molecular weight excluding hydrogens is 546 g/mol. The lowest BCUT2D eigenvalue weighted by molar-refractivity contribution is -0.125. The third kappa shape index (κ3) is 31.1. The molecule has 0 aromatic heterocycles. The SMILES string of the molecule is CCCC/C=C\CCCCC(O)CC(=O)NC(CO)C(O)CCCCCCCCCCCCCCCCCCCCCCC. The van der Waals surface area contributed by atoms with Crippen LogP contribution in [0.1, 0.15) is 206 Å². The van der Waals surface area contributed by atoms with Gasteiger partial charge < -0.3 is 20.6 Å². The minimum absolute atomic E-state index is 0.0227. The summed E-state index contributed by atoms with van der Waals surface area (Å²) in [5.41, 5.74) is 0. The fraction of sp³-hybridized carbons (Fsp3) is 0.923. The molecule has 0 aliphatic carbocycles. The van der Waals surface area contributed by atoms with Crippen LogP contribution >= 0.6 is 0 Å². The first-order chi connectivity index (χ1) is 21.5. The maximum absolute atomic E-state index is 12.3. The van der Waals surface area contributed by atoms with Crippen LogP contribution in [0.4, 0.5) is 0 Å². The summed E-state index contributed by atoms with van der Waals surface area (Å²) in [5, 5.41) is 33.1. The lowest BCUT2D eigenvalue weighted by Crippen LogP contribution is -2.46. The molecule has 0 aromatic rings. The molecular formula is C39H77NO4. The number of aliphatic hydroxyl groups is 3. The Hall–Kier alpha value is -0.910. The van der Waals surface area contributed by atoms with E-state index in [-0.39, 0.29) is 18.9 Å². The number of hydrogen-bond donors (Lipinski definition) is 4. The Morgan fingerprint density at radius 1 is 0.545 bits per heavy atom. The van der Waals surface area contributed by atoms with E-state index < -0.39 is 18.2 Å². The largest absolute Gasteiger partial charge is 0.394 e. The highest BCUT2D eigenvalue weighted by Gasteiger charge is 2.21. The van der Waals surface area contributed by atoms with E-state index in [0.29, 0.717) is 12.8 Å². The molecule has 3 unspecified atom stereocenters. The molecule has 0 saturated heterocycles. The van der Waals surface area contributed by atoms with Gasteiger partial charge in [0.15, 0.2) is 0 Å². The van der Waals surface area contributed by atoms with Crippen molar-refractivity contribution < 1.29 is 20.1 Å². The molecule has 0 aromatic carbocycles. The van der Waals surface area contributed by atoms with Crippen LogP contribution in [0.15, 0.2) is 12.2 Å². The summed E-state index contributed by atoms with van der Waals surface area (Å²) >= 11 is 0. The first-order valence-electron chi connectivity index (χ1n) is 19.5. The summed E-state index contributed by atoms with van der Waals surface area (Å²) in [6.07, 6.45) is 39.0. The van der Waals surface area contributed by atoms with Gasteiger partial charge in [0.05, 0.1) is 31.3 Å². The number of amides is 1. The molecule has 5 nitrogen and oxygen atoms in total. The monoisotopic (exact) mass is 624 g/mol. The Balaban J connectivity index is 3.57. The number of allylic oxidation sites excluding steroid dienone is 2. The van der Waals surface area contributed by atoms with Crippen molar-refractivity contribution in [1.29, 1.82) is 0 Å². The average Bonchev–Trinajstić information content (AvgIpc) is 3.01. The molecule has 44 heavy (non-hydrogen) atoms. The molecule has 1 amide bonds. The van der Waals surface area contributed by atoms with Gasteiger partial charge in [-0.3, -0.25) is 4.79 Å². The number of aliphatic hydroxyl groups excluding tert-OH is 3. The van der Waals surface area contributed by atoms with Crippen molar-refractivity contribution in [3.05, 3.63) is 12.2 Å². The number of carbonyl (C=O) groups excluding carboxylic acids is 1. The maximum Gasteiger partial charge on any atom is 0.222 e. The lowest BCUT2D eigenvalue weighted by atomic mass is 10.0. The van der Waals surface area contributed by atoms with Gasteiger partial charge in [-0.2, -0.15) is 0 Å². The molecule has 0 saturated carbocycles. The highest BCUT2D eigenvalue weighted by Crippen LogP contribution is 2.16. The normalized spacial score (nSPS) is 13.8. The Morgan fingerprint density at radius 2 is 0.932 bits per heavy atom. The first-order valence-corrected chi connectivity index (χ1v) is 19.5. The van der Waals surface area contributed by atoms with Crippen molar-refractivity contribution in [2.45, 2.75) is 225 Å². The molecule has 0 fully saturated rings. The van der Waals surface area contributed by atoms with Gasteiger partial charge in [0.2, 0.25) is 5.91 Å². The van der Waals surface area contributed by atoms with Crippen LogP contribution in [0.2, 0.25) is 0 Å². The van der Waals surface area contributed by atoms with E-state index in [1.807, 2.05) is 0 Å². The molecule has 5 heteroatoms. The molecule has 3 atom stereocenters. The fourth-order valence-corrected chi connectivity index (χ4v) is 6.03. The van der Waals surface area contributed by atoms with E-state index in [0.717, 1.165) is 38.5 Å².